The van der Waals surface area contributed by atoms with Crippen molar-refractivity contribution in [2.75, 3.05) is 20.1 Å². The summed E-state index contributed by atoms with van der Waals surface area (Å²) in [6.07, 6.45) is 0. The van der Waals surface area contributed by atoms with Crippen molar-refractivity contribution in [3.63, 3.8) is 0 Å². The maximum absolute atomic E-state index is 10.8. The molecule has 0 aliphatic carbocycles. The SMILES string of the molecule is CCN(CC(=O)[N]C)C(C)=O. The van der Waals surface area contributed by atoms with Gasteiger partial charge in [0.2, 0.25) is 5.91 Å². The minimum atomic E-state index is -0.262. The maximum Gasteiger partial charge on any atom is 0.260 e. The van der Waals surface area contributed by atoms with Gasteiger partial charge in [-0.25, -0.2) is 0 Å². The minimum absolute atomic E-state index is 0.0931. The van der Waals surface area contributed by atoms with E-state index in [0.717, 1.165) is 0 Å². The third-order valence-corrected chi connectivity index (χ3v) is 1.40. The number of carbonyl (C=O) groups is 2. The topological polar surface area (TPSA) is 51.5 Å². The van der Waals surface area contributed by atoms with Crippen LogP contribution in [-0.2, 0) is 9.59 Å². The summed E-state index contributed by atoms with van der Waals surface area (Å²) in [6.45, 7) is 3.91. The van der Waals surface area contributed by atoms with Crippen molar-refractivity contribution < 1.29 is 9.59 Å². The second kappa shape index (κ2) is 4.71. The van der Waals surface area contributed by atoms with E-state index < -0.39 is 0 Å². The van der Waals surface area contributed by atoms with Gasteiger partial charge in [-0.2, -0.15) is 0 Å². The smallest absolute Gasteiger partial charge is 0.260 e. The molecule has 0 aromatic carbocycles. The Morgan fingerprint density at radius 1 is 1.45 bits per heavy atom. The van der Waals surface area contributed by atoms with Crippen molar-refractivity contribution in [2.24, 2.45) is 0 Å². The molecule has 0 aliphatic rings. The highest BCUT2D eigenvalue weighted by Crippen LogP contribution is 1.87. The first-order valence-electron chi connectivity index (χ1n) is 3.50. The molecule has 0 saturated heterocycles. The Morgan fingerprint density at radius 2 is 2.00 bits per heavy atom. The summed E-state index contributed by atoms with van der Waals surface area (Å²) in [7, 11) is 1.43. The van der Waals surface area contributed by atoms with Crippen LogP contribution in [0.2, 0.25) is 0 Å². The molecule has 0 bridgehead atoms. The number of likely N-dealkylation sites (N-methyl/N-ethyl adjacent to an activating group) is 2. The van der Waals surface area contributed by atoms with Gasteiger partial charge in [0, 0.05) is 20.5 Å². The number of hydrogen-bond acceptors (Lipinski definition) is 2. The van der Waals surface area contributed by atoms with Gasteiger partial charge < -0.3 is 4.90 Å². The zero-order chi connectivity index (χ0) is 8.85. The van der Waals surface area contributed by atoms with Gasteiger partial charge in [-0.15, -0.1) is 0 Å². The van der Waals surface area contributed by atoms with E-state index in [-0.39, 0.29) is 18.4 Å². The van der Waals surface area contributed by atoms with Crippen LogP contribution in [-0.4, -0.2) is 36.9 Å². The fourth-order valence-electron chi connectivity index (χ4n) is 0.680. The normalized spacial score (nSPS) is 9.00. The number of amides is 2. The van der Waals surface area contributed by atoms with Crippen molar-refractivity contribution in [1.29, 1.82) is 0 Å². The predicted octanol–water partition coefficient (Wildman–Crippen LogP) is -0.384. The van der Waals surface area contributed by atoms with Crippen LogP contribution in [0.25, 0.3) is 0 Å². The second-order valence-electron chi connectivity index (χ2n) is 2.15. The molecular weight excluding hydrogens is 144 g/mol. The maximum atomic E-state index is 10.8. The zero-order valence-corrected chi connectivity index (χ0v) is 7.13. The van der Waals surface area contributed by atoms with Crippen molar-refractivity contribution in [3.8, 4) is 0 Å². The number of rotatable bonds is 3. The summed E-state index contributed by atoms with van der Waals surface area (Å²) < 4.78 is 0. The highest BCUT2D eigenvalue weighted by molar-refractivity contribution is 5.83. The molecule has 63 valence electrons. The van der Waals surface area contributed by atoms with E-state index in [4.69, 9.17) is 0 Å². The average molecular weight is 157 g/mol. The van der Waals surface area contributed by atoms with E-state index >= 15 is 0 Å². The molecule has 0 heterocycles. The minimum Gasteiger partial charge on any atom is -0.334 e. The van der Waals surface area contributed by atoms with Gasteiger partial charge in [0.1, 0.15) is 6.54 Å². The molecular formula is C7H13N2O2. The van der Waals surface area contributed by atoms with Crippen LogP contribution >= 0.6 is 0 Å². The van der Waals surface area contributed by atoms with E-state index in [9.17, 15) is 9.59 Å². The Morgan fingerprint density at radius 3 is 2.27 bits per heavy atom. The lowest BCUT2D eigenvalue weighted by atomic mass is 10.4. The number of carbonyl (C=O) groups excluding carboxylic acids is 2. The first-order valence-corrected chi connectivity index (χ1v) is 3.50. The van der Waals surface area contributed by atoms with Crippen molar-refractivity contribution >= 4 is 11.8 Å². The van der Waals surface area contributed by atoms with Gasteiger partial charge in [0.15, 0.2) is 0 Å². The van der Waals surface area contributed by atoms with Gasteiger partial charge in [0.05, 0.1) is 0 Å². The molecule has 0 saturated carbocycles. The first kappa shape index (κ1) is 9.94. The molecule has 0 aliphatic heterocycles. The molecule has 0 atom stereocenters. The molecule has 0 rings (SSSR count). The van der Waals surface area contributed by atoms with E-state index in [1.54, 1.807) is 0 Å². The largest absolute Gasteiger partial charge is 0.334 e. The van der Waals surface area contributed by atoms with E-state index in [0.29, 0.717) is 6.54 Å². The zero-order valence-electron chi connectivity index (χ0n) is 7.13. The summed E-state index contributed by atoms with van der Waals surface area (Å²) >= 11 is 0. The Balaban J connectivity index is 3.88. The fourth-order valence-corrected chi connectivity index (χ4v) is 0.680. The van der Waals surface area contributed by atoms with Crippen LogP contribution in [0.5, 0.6) is 0 Å². The van der Waals surface area contributed by atoms with Crippen LogP contribution in [0.1, 0.15) is 13.8 Å². The van der Waals surface area contributed by atoms with Crippen LogP contribution in [0.3, 0.4) is 0 Å². The van der Waals surface area contributed by atoms with Gasteiger partial charge >= 0.3 is 0 Å². The van der Waals surface area contributed by atoms with E-state index in [1.807, 2.05) is 6.92 Å². The lowest BCUT2D eigenvalue weighted by molar-refractivity contribution is -0.134. The van der Waals surface area contributed by atoms with E-state index in [2.05, 4.69) is 5.32 Å². The Hall–Kier alpha value is -1.06. The van der Waals surface area contributed by atoms with Gasteiger partial charge in [-0.3, -0.25) is 14.9 Å². The molecule has 0 aromatic heterocycles. The second-order valence-corrected chi connectivity index (χ2v) is 2.15. The molecule has 1 radical (unpaired) electrons. The Labute approximate surface area is 66.6 Å². The van der Waals surface area contributed by atoms with Crippen molar-refractivity contribution in [3.05, 3.63) is 0 Å². The van der Waals surface area contributed by atoms with Gasteiger partial charge in [-0.05, 0) is 6.92 Å². The highest BCUT2D eigenvalue weighted by Gasteiger charge is 2.09. The van der Waals surface area contributed by atoms with Gasteiger partial charge in [0.25, 0.3) is 5.91 Å². The highest BCUT2D eigenvalue weighted by atomic mass is 16.2. The molecule has 11 heavy (non-hydrogen) atoms. The summed E-state index contributed by atoms with van der Waals surface area (Å²) in [5, 5.41) is 3.43. The van der Waals surface area contributed by atoms with Crippen LogP contribution in [0.15, 0.2) is 0 Å². The molecule has 0 aromatic rings. The average Bonchev–Trinajstić information content (AvgIpc) is 1.99. The summed E-state index contributed by atoms with van der Waals surface area (Å²) in [5.74, 6) is -0.355. The lowest BCUT2D eigenvalue weighted by Crippen LogP contribution is -2.36. The van der Waals surface area contributed by atoms with Crippen molar-refractivity contribution in [2.45, 2.75) is 13.8 Å². The molecule has 0 fully saturated rings. The summed E-state index contributed by atoms with van der Waals surface area (Å²) in [4.78, 5) is 22.9. The standard InChI is InChI=1S/C7H13N2O2/c1-4-9(6(2)10)5-7(11)8-3/h4-5H2,1-3H3. The Kier molecular flexibility index (Phi) is 4.26. The first-order chi connectivity index (χ1) is 5.11. The molecule has 0 unspecified atom stereocenters. The summed E-state index contributed by atoms with van der Waals surface area (Å²) in [5.41, 5.74) is 0. The number of nitrogens with zero attached hydrogens (tertiary/aromatic N) is 2. The monoisotopic (exact) mass is 157 g/mol. The third kappa shape index (κ3) is 3.60. The quantitative estimate of drug-likeness (QED) is 0.560. The van der Waals surface area contributed by atoms with Crippen molar-refractivity contribution in [1.82, 2.24) is 10.2 Å². The molecule has 4 heteroatoms. The molecule has 2 amide bonds. The molecule has 0 spiro atoms. The Bertz CT molecular complexity index is 157. The van der Waals surface area contributed by atoms with Crippen LogP contribution in [0, 0.1) is 0 Å². The van der Waals surface area contributed by atoms with E-state index in [1.165, 1.54) is 18.9 Å². The third-order valence-electron chi connectivity index (χ3n) is 1.40. The van der Waals surface area contributed by atoms with Gasteiger partial charge in [-0.1, -0.05) is 0 Å². The van der Waals surface area contributed by atoms with Crippen LogP contribution < -0.4 is 5.32 Å². The van der Waals surface area contributed by atoms with Crippen LogP contribution in [0.4, 0.5) is 0 Å². The summed E-state index contributed by atoms with van der Waals surface area (Å²) in [6, 6.07) is 0. The molecule has 4 nitrogen and oxygen atoms in total. The fraction of sp³-hybridized carbons (Fsp3) is 0.714. The lowest BCUT2D eigenvalue weighted by Gasteiger charge is -2.16. The predicted molar refractivity (Wildman–Crippen MR) is 41.0 cm³/mol. The molecule has 0 N–H and O–H groups in total. The number of hydrogen-bond donors (Lipinski definition) is 0.